The number of carbonyl (C=O) groups excluding carboxylic acids is 1. The van der Waals surface area contributed by atoms with E-state index in [2.05, 4.69) is 71.5 Å². The molecule has 1 aliphatic carbocycles. The number of H-pyrrole nitrogens is 1. The largest absolute Gasteiger partial charge is 0.494 e. The van der Waals surface area contributed by atoms with E-state index >= 15 is 0 Å². The molecule has 0 saturated heterocycles. The Kier molecular flexibility index (Phi) is 7.79. The highest BCUT2D eigenvalue weighted by atomic mass is 16.5. The van der Waals surface area contributed by atoms with Gasteiger partial charge in [0.1, 0.15) is 5.75 Å². The molecule has 4 aromatic rings. The van der Waals surface area contributed by atoms with Crippen LogP contribution in [-0.4, -0.2) is 31.2 Å². The smallest absolute Gasteiger partial charge is 0.305 e. The Bertz CT molecular complexity index is 1360. The molecule has 1 N–H and O–H groups in total. The van der Waals surface area contributed by atoms with E-state index in [1.165, 1.54) is 53.4 Å². The lowest BCUT2D eigenvalue weighted by atomic mass is 9.90. The Balaban J connectivity index is 1.27. The van der Waals surface area contributed by atoms with Crippen LogP contribution in [0.1, 0.15) is 49.3 Å². The van der Waals surface area contributed by atoms with Gasteiger partial charge in [0.2, 0.25) is 0 Å². The second-order valence-corrected chi connectivity index (χ2v) is 9.82. The molecule has 0 unspecified atom stereocenters. The van der Waals surface area contributed by atoms with Gasteiger partial charge in [-0.3, -0.25) is 4.79 Å². The molecule has 5 heteroatoms. The van der Waals surface area contributed by atoms with Gasteiger partial charge in [-0.25, -0.2) is 0 Å². The molecule has 0 aliphatic heterocycles. The molecular formula is C32H36N2O3. The average molecular weight is 497 g/mol. The van der Waals surface area contributed by atoms with Gasteiger partial charge in [0, 0.05) is 42.3 Å². The van der Waals surface area contributed by atoms with Crippen molar-refractivity contribution in [3.05, 3.63) is 83.4 Å². The summed E-state index contributed by atoms with van der Waals surface area (Å²) >= 11 is 0. The average Bonchev–Trinajstić information content (AvgIpc) is 3.37. The predicted molar refractivity (Wildman–Crippen MR) is 150 cm³/mol. The summed E-state index contributed by atoms with van der Waals surface area (Å²) in [5.74, 6) is 0.631. The maximum Gasteiger partial charge on any atom is 0.305 e. The van der Waals surface area contributed by atoms with Gasteiger partial charge in [0.15, 0.2) is 0 Å². The minimum atomic E-state index is -0.172. The van der Waals surface area contributed by atoms with Crippen molar-refractivity contribution in [3.63, 3.8) is 0 Å². The number of aryl methyl sites for hydroxylation is 1. The Morgan fingerprint density at radius 2 is 1.81 bits per heavy atom. The van der Waals surface area contributed by atoms with E-state index in [1.54, 1.807) is 0 Å². The van der Waals surface area contributed by atoms with E-state index in [4.69, 9.17) is 9.47 Å². The Labute approximate surface area is 219 Å². The first kappa shape index (κ1) is 24.9. The van der Waals surface area contributed by atoms with E-state index in [0.29, 0.717) is 26.1 Å². The number of ether oxygens (including phenoxy) is 2. The van der Waals surface area contributed by atoms with Crippen LogP contribution in [0, 0.1) is 0 Å². The fourth-order valence-corrected chi connectivity index (χ4v) is 5.34. The van der Waals surface area contributed by atoms with Crippen LogP contribution in [0.4, 0.5) is 5.69 Å². The Morgan fingerprint density at radius 1 is 1.00 bits per heavy atom. The molecule has 0 atom stereocenters. The van der Waals surface area contributed by atoms with Crippen molar-refractivity contribution >= 4 is 22.6 Å². The van der Waals surface area contributed by atoms with E-state index in [0.717, 1.165) is 29.1 Å². The summed E-state index contributed by atoms with van der Waals surface area (Å²) in [5.41, 5.74) is 9.09. The standard InChI is InChI=1S/C32H36N2O3/c1-3-36-32(35)15-8-20-37-26-18-16-24(17-19-26)30-21-28-25(11-6-13-29(28)33-30)22-34(2)31-14-7-10-23-9-4-5-12-27(23)31/h6-7,10-11,13-14,16-19,21,33H,3-5,8-9,12,15,20,22H2,1-2H3. The fraction of sp³-hybridized carbons (Fsp3) is 0.344. The molecule has 0 spiro atoms. The van der Waals surface area contributed by atoms with Crippen molar-refractivity contribution in [3.8, 4) is 17.0 Å². The third-order valence-corrected chi connectivity index (χ3v) is 7.21. The molecule has 1 heterocycles. The highest BCUT2D eigenvalue weighted by Gasteiger charge is 2.16. The number of benzene rings is 3. The van der Waals surface area contributed by atoms with Crippen LogP contribution < -0.4 is 9.64 Å². The minimum absolute atomic E-state index is 0.172. The second kappa shape index (κ2) is 11.5. The molecule has 0 amide bonds. The second-order valence-electron chi connectivity index (χ2n) is 9.82. The topological polar surface area (TPSA) is 54.6 Å². The van der Waals surface area contributed by atoms with Crippen molar-refractivity contribution in [1.82, 2.24) is 4.98 Å². The summed E-state index contributed by atoms with van der Waals surface area (Å²) in [4.78, 5) is 17.5. The first-order valence-electron chi connectivity index (χ1n) is 13.4. The van der Waals surface area contributed by atoms with Crippen LogP contribution in [0.2, 0.25) is 0 Å². The maximum atomic E-state index is 11.5. The summed E-state index contributed by atoms with van der Waals surface area (Å²) in [5, 5.41) is 1.26. The Hall–Kier alpha value is -3.73. The lowest BCUT2D eigenvalue weighted by Gasteiger charge is -2.27. The summed E-state index contributed by atoms with van der Waals surface area (Å²) in [6.07, 6.45) is 5.99. The number of anilines is 1. The van der Waals surface area contributed by atoms with Gasteiger partial charge in [-0.15, -0.1) is 0 Å². The number of nitrogens with one attached hydrogen (secondary N) is 1. The molecule has 192 valence electrons. The first-order chi connectivity index (χ1) is 18.1. The minimum Gasteiger partial charge on any atom is -0.494 e. The number of aromatic amines is 1. The van der Waals surface area contributed by atoms with E-state index in [1.807, 2.05) is 19.1 Å². The SMILES string of the molecule is CCOC(=O)CCCOc1ccc(-c2cc3c(CN(C)c4cccc5c4CCCC5)cccc3[nH]2)cc1. The summed E-state index contributed by atoms with van der Waals surface area (Å²) in [7, 11) is 2.21. The lowest BCUT2D eigenvalue weighted by Crippen LogP contribution is -2.19. The van der Waals surface area contributed by atoms with E-state index < -0.39 is 0 Å². The first-order valence-corrected chi connectivity index (χ1v) is 13.4. The van der Waals surface area contributed by atoms with Crippen LogP contribution in [0.5, 0.6) is 5.75 Å². The third-order valence-electron chi connectivity index (χ3n) is 7.21. The zero-order chi connectivity index (χ0) is 25.6. The summed E-state index contributed by atoms with van der Waals surface area (Å²) in [6.45, 7) is 3.59. The zero-order valence-corrected chi connectivity index (χ0v) is 21.9. The third kappa shape index (κ3) is 5.82. The van der Waals surface area contributed by atoms with Crippen LogP contribution in [0.25, 0.3) is 22.2 Å². The number of fused-ring (bicyclic) bond motifs is 2. The molecule has 0 saturated carbocycles. The van der Waals surface area contributed by atoms with Gasteiger partial charge < -0.3 is 19.4 Å². The van der Waals surface area contributed by atoms with Gasteiger partial charge in [-0.2, -0.15) is 0 Å². The highest BCUT2D eigenvalue weighted by molar-refractivity contribution is 5.89. The maximum absolute atomic E-state index is 11.5. The normalized spacial score (nSPS) is 12.8. The Morgan fingerprint density at radius 3 is 2.65 bits per heavy atom. The molecule has 1 aromatic heterocycles. The summed E-state index contributed by atoms with van der Waals surface area (Å²) < 4.78 is 10.8. The van der Waals surface area contributed by atoms with Crippen LogP contribution in [0.3, 0.4) is 0 Å². The zero-order valence-electron chi connectivity index (χ0n) is 21.9. The van der Waals surface area contributed by atoms with Crippen molar-refractivity contribution in [2.24, 2.45) is 0 Å². The number of aromatic nitrogens is 1. The van der Waals surface area contributed by atoms with Crippen LogP contribution in [0.15, 0.2) is 66.7 Å². The molecule has 5 nitrogen and oxygen atoms in total. The molecule has 0 bridgehead atoms. The number of hydrogen-bond donors (Lipinski definition) is 1. The lowest BCUT2D eigenvalue weighted by molar-refractivity contribution is -0.143. The van der Waals surface area contributed by atoms with Crippen molar-refractivity contribution < 1.29 is 14.3 Å². The number of nitrogens with zero attached hydrogens (tertiary/aromatic N) is 1. The van der Waals surface area contributed by atoms with Gasteiger partial charge in [0.25, 0.3) is 0 Å². The predicted octanol–water partition coefficient (Wildman–Crippen LogP) is 7.07. The van der Waals surface area contributed by atoms with Gasteiger partial charge >= 0.3 is 5.97 Å². The monoisotopic (exact) mass is 496 g/mol. The number of carbonyl (C=O) groups is 1. The molecule has 5 rings (SSSR count). The molecule has 37 heavy (non-hydrogen) atoms. The molecule has 0 radical (unpaired) electrons. The quantitative estimate of drug-likeness (QED) is 0.188. The number of esters is 1. The molecule has 3 aromatic carbocycles. The van der Waals surface area contributed by atoms with Crippen molar-refractivity contribution in [1.29, 1.82) is 0 Å². The van der Waals surface area contributed by atoms with Gasteiger partial charge in [-0.1, -0.05) is 24.3 Å². The molecule has 1 aliphatic rings. The number of rotatable bonds is 10. The summed E-state index contributed by atoms with van der Waals surface area (Å²) in [6, 6.07) is 23.7. The van der Waals surface area contributed by atoms with Crippen molar-refractivity contribution in [2.75, 3.05) is 25.2 Å². The van der Waals surface area contributed by atoms with E-state index in [9.17, 15) is 4.79 Å². The highest BCUT2D eigenvalue weighted by Crippen LogP contribution is 2.33. The number of hydrogen-bond acceptors (Lipinski definition) is 4. The van der Waals surface area contributed by atoms with Gasteiger partial charge in [-0.05, 0) is 104 Å². The molecule has 0 fully saturated rings. The van der Waals surface area contributed by atoms with E-state index in [-0.39, 0.29) is 5.97 Å². The van der Waals surface area contributed by atoms with Crippen LogP contribution in [-0.2, 0) is 28.9 Å². The van der Waals surface area contributed by atoms with Gasteiger partial charge in [0.05, 0.1) is 13.2 Å². The molecular weight excluding hydrogens is 460 g/mol. The fourth-order valence-electron chi connectivity index (χ4n) is 5.34. The van der Waals surface area contributed by atoms with Crippen molar-refractivity contribution in [2.45, 2.75) is 52.0 Å². The van der Waals surface area contributed by atoms with Crippen LogP contribution >= 0.6 is 0 Å².